The summed E-state index contributed by atoms with van der Waals surface area (Å²) in [7, 11) is -10.0. The fourth-order valence-corrected chi connectivity index (χ4v) is 11.0. The van der Waals surface area contributed by atoms with Crippen molar-refractivity contribution in [3.05, 3.63) is 170 Å². The number of phosphoric acid groups is 2. The molecule has 3 N–H and O–H groups in total. The number of carbonyl (C=O) groups is 4. The third-order valence-corrected chi connectivity index (χ3v) is 17.1. The van der Waals surface area contributed by atoms with E-state index in [0.717, 1.165) is 186 Å². The van der Waals surface area contributed by atoms with Crippen LogP contribution in [-0.4, -0.2) is 96.7 Å². The first-order valence-electron chi connectivity index (χ1n) is 38.4. The number of hydrogen-bond acceptors (Lipinski definition) is 15. The second-order valence-corrected chi connectivity index (χ2v) is 27.7. The van der Waals surface area contributed by atoms with Gasteiger partial charge in [-0.2, -0.15) is 0 Å². The first-order valence-corrected chi connectivity index (χ1v) is 41.4. The zero-order valence-electron chi connectivity index (χ0n) is 63.0. The number of ether oxygens (including phenoxy) is 4. The van der Waals surface area contributed by atoms with Gasteiger partial charge in [-0.15, -0.1) is 0 Å². The molecular weight excluding hydrogens is 1330 g/mol. The average molecular weight is 1470 g/mol. The maximum Gasteiger partial charge on any atom is 0.472 e. The zero-order valence-corrected chi connectivity index (χ0v) is 64.8. The van der Waals surface area contributed by atoms with Crippen LogP contribution >= 0.6 is 15.6 Å². The Hall–Kier alpha value is -5.58. The Morgan fingerprint density at radius 1 is 0.284 bits per heavy atom. The molecule has 0 saturated heterocycles. The summed E-state index contributed by atoms with van der Waals surface area (Å²) in [4.78, 5) is 72.9. The maximum absolute atomic E-state index is 13.1. The Morgan fingerprint density at radius 3 is 0.843 bits per heavy atom. The summed E-state index contributed by atoms with van der Waals surface area (Å²) >= 11 is 0. The molecule has 578 valence electrons. The van der Waals surface area contributed by atoms with Gasteiger partial charge in [-0.05, 0) is 154 Å². The number of allylic oxidation sites excluding steroid dienone is 28. The van der Waals surface area contributed by atoms with Gasteiger partial charge < -0.3 is 33.8 Å². The summed E-state index contributed by atoms with van der Waals surface area (Å²) in [5, 5.41) is 10.6. The number of carbonyl (C=O) groups excluding carboxylic acids is 4. The Kier molecular flexibility index (Phi) is 69.7. The molecule has 0 aliphatic carbocycles. The van der Waals surface area contributed by atoms with E-state index in [2.05, 4.69) is 180 Å². The van der Waals surface area contributed by atoms with Crippen molar-refractivity contribution in [1.82, 2.24) is 0 Å². The van der Waals surface area contributed by atoms with Crippen LogP contribution in [0, 0.1) is 0 Å². The molecule has 0 aromatic heterocycles. The number of aliphatic hydroxyl groups is 1. The minimum atomic E-state index is -5.01. The van der Waals surface area contributed by atoms with Crippen molar-refractivity contribution in [1.29, 1.82) is 0 Å². The second-order valence-electron chi connectivity index (χ2n) is 24.8. The number of aliphatic hydroxyl groups excluding tert-OH is 1. The fraction of sp³-hybridized carbons (Fsp3) is 0.614. The van der Waals surface area contributed by atoms with E-state index in [0.29, 0.717) is 32.1 Å². The lowest BCUT2D eigenvalue weighted by atomic mass is 10.1. The topological polar surface area (TPSA) is 237 Å². The highest BCUT2D eigenvalue weighted by Gasteiger charge is 2.30. The van der Waals surface area contributed by atoms with E-state index < -0.39 is 97.5 Å². The Balaban J connectivity index is 5.46. The third kappa shape index (κ3) is 72.8. The van der Waals surface area contributed by atoms with Crippen LogP contribution in [0.15, 0.2) is 170 Å². The van der Waals surface area contributed by atoms with Crippen molar-refractivity contribution in [3.63, 3.8) is 0 Å². The van der Waals surface area contributed by atoms with Crippen LogP contribution < -0.4 is 0 Å². The van der Waals surface area contributed by atoms with Crippen LogP contribution in [0.1, 0.15) is 272 Å². The lowest BCUT2D eigenvalue weighted by Crippen LogP contribution is -2.30. The second kappa shape index (κ2) is 73.7. The first-order chi connectivity index (χ1) is 49.7. The van der Waals surface area contributed by atoms with Crippen LogP contribution in [0.4, 0.5) is 0 Å². The predicted molar refractivity (Wildman–Crippen MR) is 417 cm³/mol. The van der Waals surface area contributed by atoms with E-state index in [4.69, 9.17) is 37.0 Å². The molecule has 0 aromatic carbocycles. The quantitative estimate of drug-likeness (QED) is 0.0169. The Labute approximate surface area is 616 Å². The van der Waals surface area contributed by atoms with E-state index >= 15 is 0 Å². The molecule has 0 heterocycles. The van der Waals surface area contributed by atoms with Gasteiger partial charge in [0.15, 0.2) is 12.2 Å². The minimum Gasteiger partial charge on any atom is -0.462 e. The average Bonchev–Trinajstić information content (AvgIpc) is 0.924. The molecule has 102 heavy (non-hydrogen) atoms. The molecule has 0 saturated carbocycles. The number of hydrogen-bond donors (Lipinski definition) is 3. The van der Waals surface area contributed by atoms with Crippen molar-refractivity contribution in [2.45, 2.75) is 290 Å². The summed E-state index contributed by atoms with van der Waals surface area (Å²) in [5.41, 5.74) is 0. The van der Waals surface area contributed by atoms with Gasteiger partial charge in [0.2, 0.25) is 0 Å². The van der Waals surface area contributed by atoms with Crippen molar-refractivity contribution < 1.29 is 80.2 Å². The molecule has 17 nitrogen and oxygen atoms in total. The Bertz CT molecular complexity index is 2600. The molecule has 0 fully saturated rings. The largest absolute Gasteiger partial charge is 0.472 e. The summed E-state index contributed by atoms with van der Waals surface area (Å²) in [6.07, 6.45) is 86.4. The standard InChI is InChI=1S/C83H134O17P2/c1-5-9-13-17-21-25-29-33-36-37-38-39-42-45-48-52-56-60-64-68-81(86)94-74-79(100-83(88)70-66-62-58-54-50-46-41-35-31-27-23-19-15-11-7-3)76-98-102(91,92)96-72-77(84)71-95-101(89,90)97-75-78(99-82(87)69-65-61-57-53-49-43-32-28-24-20-16-12-8-4)73-93-80(85)67-63-59-55-51-47-44-40-34-30-26-22-18-14-10-6-2/h9-11,13-16,20-23,25-28,32-36,38-41,45,48,56,60,77-79,84H,5-8,12,17-19,24,29-31,37,42-44,46-47,49-55,57-59,61-76H2,1-4H3,(H,89,90)(H,91,92)/b13-9-,14-10-,15-11-,20-16-,25-21-,26-22-,27-23-,32-28-,36-33-,39-38-,40-34-,41-35-,48-45-,60-56-. The van der Waals surface area contributed by atoms with Crippen molar-refractivity contribution in [3.8, 4) is 0 Å². The Morgan fingerprint density at radius 2 is 0.529 bits per heavy atom. The van der Waals surface area contributed by atoms with Crippen LogP contribution in [0.3, 0.4) is 0 Å². The van der Waals surface area contributed by atoms with Gasteiger partial charge in [0.25, 0.3) is 0 Å². The van der Waals surface area contributed by atoms with Crippen LogP contribution in [0.25, 0.3) is 0 Å². The van der Waals surface area contributed by atoms with Gasteiger partial charge in [0.05, 0.1) is 26.4 Å². The molecule has 19 heteroatoms. The lowest BCUT2D eigenvalue weighted by molar-refractivity contribution is -0.161. The molecule has 0 radical (unpaired) electrons. The monoisotopic (exact) mass is 1460 g/mol. The van der Waals surface area contributed by atoms with Gasteiger partial charge in [-0.25, -0.2) is 9.13 Å². The normalized spacial score (nSPS) is 14.9. The zero-order chi connectivity index (χ0) is 74.6. The van der Waals surface area contributed by atoms with Crippen LogP contribution in [-0.2, 0) is 65.4 Å². The molecule has 5 atom stereocenters. The van der Waals surface area contributed by atoms with Gasteiger partial charge in [-0.3, -0.25) is 37.3 Å². The summed E-state index contributed by atoms with van der Waals surface area (Å²) in [6.45, 7) is 4.30. The number of phosphoric ester groups is 2. The molecule has 0 aromatic rings. The first kappa shape index (κ1) is 96.4. The van der Waals surface area contributed by atoms with Gasteiger partial charge in [-0.1, -0.05) is 262 Å². The van der Waals surface area contributed by atoms with Crippen molar-refractivity contribution >= 4 is 39.5 Å². The molecule has 0 aliphatic heterocycles. The fourth-order valence-electron chi connectivity index (χ4n) is 9.43. The lowest BCUT2D eigenvalue weighted by Gasteiger charge is -2.21. The highest BCUT2D eigenvalue weighted by molar-refractivity contribution is 7.47. The van der Waals surface area contributed by atoms with Crippen LogP contribution in [0.5, 0.6) is 0 Å². The van der Waals surface area contributed by atoms with E-state index in [1.165, 1.54) is 0 Å². The highest BCUT2D eigenvalue weighted by atomic mass is 31.2. The van der Waals surface area contributed by atoms with Crippen molar-refractivity contribution in [2.24, 2.45) is 0 Å². The third-order valence-electron chi connectivity index (χ3n) is 15.2. The maximum atomic E-state index is 13.1. The minimum absolute atomic E-state index is 0.0258. The number of rotatable bonds is 70. The number of unbranched alkanes of at least 4 members (excludes halogenated alkanes) is 16. The molecule has 0 amide bonds. The van der Waals surface area contributed by atoms with Crippen LogP contribution in [0.2, 0.25) is 0 Å². The van der Waals surface area contributed by atoms with Gasteiger partial charge in [0.1, 0.15) is 19.3 Å². The predicted octanol–water partition coefficient (Wildman–Crippen LogP) is 22.2. The van der Waals surface area contributed by atoms with Gasteiger partial charge in [0, 0.05) is 25.7 Å². The molecule has 0 rings (SSSR count). The van der Waals surface area contributed by atoms with E-state index in [1.54, 1.807) is 0 Å². The summed E-state index contributed by atoms with van der Waals surface area (Å²) < 4.78 is 68.4. The summed E-state index contributed by atoms with van der Waals surface area (Å²) in [6, 6.07) is 0. The SMILES string of the molecule is CC/C=C\C/C=C\C/C=C\C/C=C\C/C=C\C/C=C\CCC(=O)OCC(COP(=O)(O)OCC(O)COP(=O)(O)OCC(COC(=O)CCCCCCC/C=C\C/C=C\C/C=C\CC)OC(=O)CCCCCCC/C=C\C/C=C\CCC)OC(=O)CCCCCCC/C=C\C/C=C\C/C=C\CC. The van der Waals surface area contributed by atoms with E-state index in [1.807, 2.05) is 18.2 Å². The molecule has 0 aliphatic rings. The molecule has 5 unspecified atom stereocenters. The van der Waals surface area contributed by atoms with Crippen molar-refractivity contribution in [2.75, 3.05) is 39.6 Å². The number of esters is 4. The van der Waals surface area contributed by atoms with E-state index in [-0.39, 0.29) is 25.7 Å². The molecular formula is C83H134O17P2. The van der Waals surface area contributed by atoms with Gasteiger partial charge >= 0.3 is 39.5 Å². The summed E-state index contributed by atoms with van der Waals surface area (Å²) in [5.74, 6) is -2.34. The van der Waals surface area contributed by atoms with E-state index in [9.17, 15) is 43.2 Å². The highest BCUT2D eigenvalue weighted by Crippen LogP contribution is 2.45. The molecule has 0 spiro atoms. The smallest absolute Gasteiger partial charge is 0.462 e. The molecule has 0 bridgehead atoms.